The summed E-state index contributed by atoms with van der Waals surface area (Å²) in [5, 5.41) is 0. The Morgan fingerprint density at radius 1 is 1.14 bits per heavy atom. The summed E-state index contributed by atoms with van der Waals surface area (Å²) in [6.07, 6.45) is 3.30. The number of alkyl halides is 2. The molecule has 3 unspecified atom stereocenters. The Kier molecular flexibility index (Phi) is 5.53. The molecule has 3 N–H and O–H groups in total. The van der Waals surface area contributed by atoms with Crippen molar-refractivity contribution in [1.82, 2.24) is 5.43 Å². The Morgan fingerprint density at radius 3 is 2.33 bits per heavy atom. The summed E-state index contributed by atoms with van der Waals surface area (Å²) in [5.41, 5.74) is 3.53. The molecule has 1 aromatic carbocycles. The van der Waals surface area contributed by atoms with Crippen molar-refractivity contribution in [3.8, 4) is 5.75 Å². The van der Waals surface area contributed by atoms with Gasteiger partial charge in [0.2, 0.25) is 0 Å². The van der Waals surface area contributed by atoms with Crippen LogP contribution < -0.4 is 16.0 Å². The molecule has 1 aromatic rings. The summed E-state index contributed by atoms with van der Waals surface area (Å²) >= 11 is 0. The standard InChI is InChI=1S/C16H24F2N2O/c1-10-7-11(2)9-12(8-10)15(20-19)13-5-3-4-6-14(13)21-16(17)18/h3-6,10-12,15-16,20H,7-9,19H2,1-2H3. The molecule has 0 radical (unpaired) electrons. The molecule has 0 saturated heterocycles. The first kappa shape index (κ1) is 16.2. The van der Waals surface area contributed by atoms with E-state index < -0.39 is 6.61 Å². The number of rotatable bonds is 5. The average Bonchev–Trinajstić information content (AvgIpc) is 2.40. The van der Waals surface area contributed by atoms with Gasteiger partial charge in [-0.2, -0.15) is 8.78 Å². The van der Waals surface area contributed by atoms with Crippen LogP contribution in [0.5, 0.6) is 5.75 Å². The van der Waals surface area contributed by atoms with E-state index in [0.29, 0.717) is 23.3 Å². The molecule has 1 aliphatic carbocycles. The van der Waals surface area contributed by atoms with Crippen LogP contribution >= 0.6 is 0 Å². The minimum absolute atomic E-state index is 0.162. The lowest BCUT2D eigenvalue weighted by Crippen LogP contribution is -2.37. The van der Waals surface area contributed by atoms with Crippen LogP contribution in [0.15, 0.2) is 24.3 Å². The number of hydrazine groups is 1. The summed E-state index contributed by atoms with van der Waals surface area (Å²) in [6, 6.07) is 6.74. The molecule has 2 rings (SSSR count). The molecule has 0 aromatic heterocycles. The number of nitrogens with one attached hydrogen (secondary N) is 1. The largest absolute Gasteiger partial charge is 0.434 e. The second-order valence-corrected chi connectivity index (χ2v) is 6.24. The van der Waals surface area contributed by atoms with E-state index in [-0.39, 0.29) is 11.8 Å². The fourth-order valence-corrected chi connectivity index (χ4v) is 3.70. The third-order valence-electron chi connectivity index (χ3n) is 4.34. The molecular weight excluding hydrogens is 274 g/mol. The first-order valence-corrected chi connectivity index (χ1v) is 7.51. The van der Waals surface area contributed by atoms with Gasteiger partial charge in [-0.3, -0.25) is 11.3 Å². The lowest BCUT2D eigenvalue weighted by Gasteiger charge is -2.36. The van der Waals surface area contributed by atoms with Gasteiger partial charge in [-0.15, -0.1) is 0 Å². The highest BCUT2D eigenvalue weighted by Crippen LogP contribution is 2.41. The normalized spacial score (nSPS) is 27.6. The summed E-state index contributed by atoms with van der Waals surface area (Å²) in [5.74, 6) is 7.52. The number of nitrogens with two attached hydrogens (primary N) is 1. The molecule has 0 heterocycles. The van der Waals surface area contributed by atoms with Crippen molar-refractivity contribution in [2.45, 2.75) is 45.8 Å². The Labute approximate surface area is 124 Å². The van der Waals surface area contributed by atoms with Crippen LogP contribution in [-0.4, -0.2) is 6.61 Å². The topological polar surface area (TPSA) is 47.3 Å². The van der Waals surface area contributed by atoms with Crippen LogP contribution in [0.3, 0.4) is 0 Å². The van der Waals surface area contributed by atoms with Crippen molar-refractivity contribution in [2.24, 2.45) is 23.6 Å². The Hall–Kier alpha value is -1.20. The molecule has 0 amide bonds. The van der Waals surface area contributed by atoms with E-state index in [0.717, 1.165) is 12.8 Å². The number of para-hydroxylation sites is 1. The molecule has 3 nitrogen and oxygen atoms in total. The molecule has 5 heteroatoms. The SMILES string of the molecule is CC1CC(C)CC(C(NN)c2ccccc2OC(F)F)C1. The second-order valence-electron chi connectivity index (χ2n) is 6.24. The number of ether oxygens (including phenoxy) is 1. The molecule has 0 spiro atoms. The average molecular weight is 298 g/mol. The van der Waals surface area contributed by atoms with Gasteiger partial charge in [0.15, 0.2) is 0 Å². The lowest BCUT2D eigenvalue weighted by atomic mass is 9.72. The van der Waals surface area contributed by atoms with Gasteiger partial charge >= 0.3 is 6.61 Å². The second kappa shape index (κ2) is 7.18. The van der Waals surface area contributed by atoms with Crippen molar-refractivity contribution in [2.75, 3.05) is 0 Å². The van der Waals surface area contributed by atoms with Crippen LogP contribution in [0.25, 0.3) is 0 Å². The van der Waals surface area contributed by atoms with Gasteiger partial charge in [0.1, 0.15) is 5.75 Å². The number of hydrogen-bond donors (Lipinski definition) is 2. The third-order valence-corrected chi connectivity index (χ3v) is 4.34. The predicted octanol–water partition coefficient (Wildman–Crippen LogP) is 3.86. The van der Waals surface area contributed by atoms with E-state index in [1.165, 1.54) is 6.42 Å². The van der Waals surface area contributed by atoms with Crippen molar-refractivity contribution in [3.63, 3.8) is 0 Å². The minimum atomic E-state index is -2.83. The predicted molar refractivity (Wildman–Crippen MR) is 78.8 cm³/mol. The van der Waals surface area contributed by atoms with E-state index in [1.807, 2.05) is 12.1 Å². The zero-order valence-electron chi connectivity index (χ0n) is 12.6. The van der Waals surface area contributed by atoms with Gasteiger partial charge in [-0.05, 0) is 43.1 Å². The monoisotopic (exact) mass is 298 g/mol. The number of halogens is 2. The molecule has 118 valence electrons. The van der Waals surface area contributed by atoms with Crippen molar-refractivity contribution >= 4 is 0 Å². The molecule has 21 heavy (non-hydrogen) atoms. The van der Waals surface area contributed by atoms with Gasteiger partial charge in [0, 0.05) is 5.56 Å². The third kappa shape index (κ3) is 4.14. The van der Waals surface area contributed by atoms with E-state index in [1.54, 1.807) is 12.1 Å². The van der Waals surface area contributed by atoms with E-state index >= 15 is 0 Å². The van der Waals surface area contributed by atoms with Crippen LogP contribution in [0.2, 0.25) is 0 Å². The van der Waals surface area contributed by atoms with E-state index in [4.69, 9.17) is 5.84 Å². The van der Waals surface area contributed by atoms with Crippen LogP contribution in [0, 0.1) is 17.8 Å². The van der Waals surface area contributed by atoms with Crippen molar-refractivity contribution in [3.05, 3.63) is 29.8 Å². The minimum Gasteiger partial charge on any atom is -0.434 e. The van der Waals surface area contributed by atoms with Crippen LogP contribution in [0.1, 0.15) is 44.7 Å². The lowest BCUT2D eigenvalue weighted by molar-refractivity contribution is -0.0510. The molecule has 1 saturated carbocycles. The summed E-state index contributed by atoms with van der Waals surface area (Å²) in [6.45, 7) is 1.64. The van der Waals surface area contributed by atoms with Gasteiger partial charge in [0.05, 0.1) is 6.04 Å². The number of hydrogen-bond acceptors (Lipinski definition) is 3. The molecule has 1 aliphatic rings. The quantitative estimate of drug-likeness (QED) is 0.641. The van der Waals surface area contributed by atoms with Gasteiger partial charge in [-0.25, -0.2) is 0 Å². The van der Waals surface area contributed by atoms with E-state index in [9.17, 15) is 8.78 Å². The maximum atomic E-state index is 12.6. The maximum Gasteiger partial charge on any atom is 0.387 e. The van der Waals surface area contributed by atoms with E-state index in [2.05, 4.69) is 24.0 Å². The number of benzene rings is 1. The van der Waals surface area contributed by atoms with Gasteiger partial charge in [-0.1, -0.05) is 32.0 Å². The first-order valence-electron chi connectivity index (χ1n) is 7.51. The first-order chi connectivity index (χ1) is 10.0. The smallest absolute Gasteiger partial charge is 0.387 e. The molecule has 0 aliphatic heterocycles. The highest BCUT2D eigenvalue weighted by Gasteiger charge is 2.32. The highest BCUT2D eigenvalue weighted by atomic mass is 19.3. The Morgan fingerprint density at radius 2 is 1.76 bits per heavy atom. The Balaban J connectivity index is 2.24. The molecule has 3 atom stereocenters. The summed E-state index contributed by atoms with van der Waals surface area (Å²) in [7, 11) is 0. The Bertz CT molecular complexity index is 446. The molecular formula is C16H24F2N2O. The van der Waals surface area contributed by atoms with Crippen LogP contribution in [-0.2, 0) is 0 Å². The fraction of sp³-hybridized carbons (Fsp3) is 0.625. The van der Waals surface area contributed by atoms with Gasteiger partial charge < -0.3 is 4.74 Å². The summed E-state index contributed by atoms with van der Waals surface area (Å²) < 4.78 is 29.8. The zero-order valence-corrected chi connectivity index (χ0v) is 12.6. The van der Waals surface area contributed by atoms with Crippen molar-refractivity contribution < 1.29 is 13.5 Å². The maximum absolute atomic E-state index is 12.6. The van der Waals surface area contributed by atoms with Gasteiger partial charge in [0.25, 0.3) is 0 Å². The van der Waals surface area contributed by atoms with Crippen molar-refractivity contribution in [1.29, 1.82) is 0 Å². The zero-order chi connectivity index (χ0) is 15.4. The molecule has 0 bridgehead atoms. The fourth-order valence-electron chi connectivity index (χ4n) is 3.70. The highest BCUT2D eigenvalue weighted by molar-refractivity contribution is 5.36. The summed E-state index contributed by atoms with van der Waals surface area (Å²) in [4.78, 5) is 0. The molecule has 1 fully saturated rings. The van der Waals surface area contributed by atoms with Crippen LogP contribution in [0.4, 0.5) is 8.78 Å².